The van der Waals surface area contributed by atoms with Gasteiger partial charge in [0.2, 0.25) is 0 Å². The molecule has 0 aromatic carbocycles. The van der Waals surface area contributed by atoms with Crippen molar-refractivity contribution in [3.8, 4) is 0 Å². The number of fused-ring (bicyclic) bond motifs is 1. The van der Waals surface area contributed by atoms with E-state index in [-0.39, 0.29) is 12.4 Å². The van der Waals surface area contributed by atoms with Crippen molar-refractivity contribution in [2.24, 2.45) is 0 Å². The molecule has 78 valence electrons. The number of carbonyl (C=O) groups excluding carboxylic acids is 1. The summed E-state index contributed by atoms with van der Waals surface area (Å²) < 4.78 is 4.56. The lowest BCUT2D eigenvalue weighted by molar-refractivity contribution is -0.139. The minimum absolute atomic E-state index is 0.145. The lowest BCUT2D eigenvalue weighted by Crippen LogP contribution is -2.05. The summed E-state index contributed by atoms with van der Waals surface area (Å²) >= 11 is 0. The summed E-state index contributed by atoms with van der Waals surface area (Å²) in [5.74, 6) is 0.269. The van der Waals surface area contributed by atoms with Gasteiger partial charge in [0.15, 0.2) is 5.65 Å². The normalized spacial score (nSPS) is 10.5. The largest absolute Gasteiger partial charge is 0.469 e. The number of ether oxygens (including phenoxy) is 1. The van der Waals surface area contributed by atoms with E-state index in [9.17, 15) is 4.79 Å². The Morgan fingerprint density at radius 1 is 1.60 bits per heavy atom. The van der Waals surface area contributed by atoms with Crippen molar-refractivity contribution in [2.75, 3.05) is 7.11 Å². The van der Waals surface area contributed by atoms with Crippen molar-refractivity contribution >= 4 is 17.1 Å². The number of pyridine rings is 1. The summed E-state index contributed by atoms with van der Waals surface area (Å²) in [6, 6.07) is 1.89. The van der Waals surface area contributed by atoms with Gasteiger partial charge in [0, 0.05) is 6.20 Å². The standard InChI is InChI=1S/C10H11N3O2/c1-6-3-4-11-10-9(6)12-7(13-10)5-8(14)15-2/h3-4H,5H2,1-2H3,(H,11,12,13). The fourth-order valence-electron chi connectivity index (χ4n) is 1.38. The maximum atomic E-state index is 11.0. The van der Waals surface area contributed by atoms with Gasteiger partial charge in [0.25, 0.3) is 0 Å². The summed E-state index contributed by atoms with van der Waals surface area (Å²) in [7, 11) is 1.36. The van der Waals surface area contributed by atoms with E-state index < -0.39 is 0 Å². The van der Waals surface area contributed by atoms with E-state index in [4.69, 9.17) is 0 Å². The topological polar surface area (TPSA) is 67.9 Å². The van der Waals surface area contributed by atoms with Crippen LogP contribution < -0.4 is 0 Å². The van der Waals surface area contributed by atoms with Crippen molar-refractivity contribution in [3.05, 3.63) is 23.7 Å². The number of H-pyrrole nitrogens is 1. The second-order valence-corrected chi connectivity index (χ2v) is 3.26. The van der Waals surface area contributed by atoms with Gasteiger partial charge in [-0.05, 0) is 18.6 Å². The molecule has 2 heterocycles. The van der Waals surface area contributed by atoms with Crippen LogP contribution in [0.1, 0.15) is 11.4 Å². The van der Waals surface area contributed by atoms with Crippen LogP contribution in [0.25, 0.3) is 11.2 Å². The number of rotatable bonds is 2. The SMILES string of the molecule is COC(=O)Cc1nc2nccc(C)c2[nH]1. The number of esters is 1. The fraction of sp³-hybridized carbons (Fsp3) is 0.300. The molecule has 0 fully saturated rings. The average Bonchev–Trinajstić information content (AvgIpc) is 2.62. The van der Waals surface area contributed by atoms with E-state index in [1.54, 1.807) is 6.20 Å². The van der Waals surface area contributed by atoms with Gasteiger partial charge >= 0.3 is 5.97 Å². The minimum atomic E-state index is -0.313. The van der Waals surface area contributed by atoms with Gasteiger partial charge in [0.1, 0.15) is 12.2 Å². The Morgan fingerprint density at radius 2 is 2.40 bits per heavy atom. The third-order valence-electron chi connectivity index (χ3n) is 2.19. The Labute approximate surface area is 86.5 Å². The highest BCUT2D eigenvalue weighted by atomic mass is 16.5. The first-order valence-electron chi connectivity index (χ1n) is 4.57. The minimum Gasteiger partial charge on any atom is -0.469 e. The molecular weight excluding hydrogens is 194 g/mol. The number of aryl methyl sites for hydroxylation is 1. The first kappa shape index (κ1) is 9.64. The van der Waals surface area contributed by atoms with Crippen LogP contribution in [0.5, 0.6) is 0 Å². The highest BCUT2D eigenvalue weighted by Gasteiger charge is 2.09. The molecule has 0 spiro atoms. The molecule has 0 bridgehead atoms. The summed E-state index contributed by atoms with van der Waals surface area (Å²) in [5.41, 5.74) is 2.56. The number of imidazole rings is 1. The first-order valence-corrected chi connectivity index (χ1v) is 4.57. The van der Waals surface area contributed by atoms with Gasteiger partial charge in [0.05, 0.1) is 12.6 Å². The van der Waals surface area contributed by atoms with Gasteiger partial charge in [-0.25, -0.2) is 9.97 Å². The van der Waals surface area contributed by atoms with E-state index in [1.165, 1.54) is 7.11 Å². The molecule has 0 aliphatic heterocycles. The first-order chi connectivity index (χ1) is 7.20. The number of methoxy groups -OCH3 is 1. The molecule has 1 N–H and O–H groups in total. The molecule has 5 nitrogen and oxygen atoms in total. The molecule has 0 saturated carbocycles. The van der Waals surface area contributed by atoms with Gasteiger partial charge in [-0.1, -0.05) is 0 Å². The van der Waals surface area contributed by atoms with Crippen LogP contribution in [0.4, 0.5) is 0 Å². The van der Waals surface area contributed by atoms with E-state index in [2.05, 4.69) is 19.7 Å². The predicted octanol–water partition coefficient (Wildman–Crippen LogP) is 0.982. The Balaban J connectivity index is 2.39. The van der Waals surface area contributed by atoms with Gasteiger partial charge < -0.3 is 9.72 Å². The number of hydrogen-bond acceptors (Lipinski definition) is 4. The van der Waals surface area contributed by atoms with Gasteiger partial charge in [-0.3, -0.25) is 4.79 Å². The number of nitrogens with zero attached hydrogens (tertiary/aromatic N) is 2. The van der Waals surface area contributed by atoms with Crippen molar-refractivity contribution in [2.45, 2.75) is 13.3 Å². The maximum absolute atomic E-state index is 11.0. The maximum Gasteiger partial charge on any atom is 0.313 e. The monoisotopic (exact) mass is 205 g/mol. The number of carbonyl (C=O) groups is 1. The van der Waals surface area contributed by atoms with Crippen LogP contribution in [-0.2, 0) is 16.0 Å². The summed E-state index contributed by atoms with van der Waals surface area (Å²) in [6.07, 6.45) is 1.84. The zero-order valence-electron chi connectivity index (χ0n) is 8.57. The van der Waals surface area contributed by atoms with Crippen LogP contribution in [-0.4, -0.2) is 28.0 Å². The molecule has 0 aliphatic rings. The smallest absolute Gasteiger partial charge is 0.313 e. The molecule has 0 radical (unpaired) electrons. The predicted molar refractivity (Wildman–Crippen MR) is 54.3 cm³/mol. The molecule has 0 saturated heterocycles. The van der Waals surface area contributed by atoms with Crippen molar-refractivity contribution in [1.82, 2.24) is 15.0 Å². The van der Waals surface area contributed by atoms with E-state index in [1.807, 2.05) is 13.0 Å². The highest BCUT2D eigenvalue weighted by Crippen LogP contribution is 2.13. The molecular formula is C10H11N3O2. The number of aromatic nitrogens is 3. The zero-order chi connectivity index (χ0) is 10.8. The Hall–Kier alpha value is -1.91. The zero-order valence-corrected chi connectivity index (χ0v) is 8.57. The average molecular weight is 205 g/mol. The molecule has 0 atom stereocenters. The summed E-state index contributed by atoms with van der Waals surface area (Å²) in [4.78, 5) is 22.4. The third kappa shape index (κ3) is 1.81. The molecule has 0 amide bonds. The highest BCUT2D eigenvalue weighted by molar-refractivity contribution is 5.77. The second-order valence-electron chi connectivity index (χ2n) is 3.26. The molecule has 2 rings (SSSR count). The van der Waals surface area contributed by atoms with E-state index in [0.29, 0.717) is 11.5 Å². The summed E-state index contributed by atoms with van der Waals surface area (Å²) in [6.45, 7) is 1.96. The van der Waals surface area contributed by atoms with Crippen LogP contribution in [0.3, 0.4) is 0 Å². The molecule has 0 unspecified atom stereocenters. The second kappa shape index (κ2) is 3.68. The Morgan fingerprint density at radius 3 is 3.07 bits per heavy atom. The Kier molecular flexibility index (Phi) is 2.37. The van der Waals surface area contributed by atoms with Crippen LogP contribution in [0.2, 0.25) is 0 Å². The van der Waals surface area contributed by atoms with Crippen molar-refractivity contribution in [1.29, 1.82) is 0 Å². The van der Waals surface area contributed by atoms with Crippen LogP contribution in [0, 0.1) is 6.92 Å². The fourth-order valence-corrected chi connectivity index (χ4v) is 1.38. The lowest BCUT2D eigenvalue weighted by Gasteiger charge is -1.93. The van der Waals surface area contributed by atoms with Gasteiger partial charge in [-0.15, -0.1) is 0 Å². The number of nitrogens with one attached hydrogen (secondary N) is 1. The van der Waals surface area contributed by atoms with Gasteiger partial charge in [-0.2, -0.15) is 0 Å². The molecule has 2 aromatic heterocycles. The van der Waals surface area contributed by atoms with Crippen LogP contribution in [0.15, 0.2) is 12.3 Å². The molecule has 2 aromatic rings. The molecule has 5 heteroatoms. The number of hydrogen-bond donors (Lipinski definition) is 1. The summed E-state index contributed by atoms with van der Waals surface area (Å²) in [5, 5.41) is 0. The molecule has 15 heavy (non-hydrogen) atoms. The molecule has 0 aliphatic carbocycles. The lowest BCUT2D eigenvalue weighted by atomic mass is 10.3. The Bertz CT molecular complexity index is 504. The van der Waals surface area contributed by atoms with Crippen molar-refractivity contribution in [3.63, 3.8) is 0 Å². The third-order valence-corrected chi connectivity index (χ3v) is 2.19. The number of aromatic amines is 1. The quantitative estimate of drug-likeness (QED) is 0.742. The van der Waals surface area contributed by atoms with E-state index >= 15 is 0 Å². The van der Waals surface area contributed by atoms with E-state index in [0.717, 1.165) is 11.1 Å². The van der Waals surface area contributed by atoms with Crippen LogP contribution >= 0.6 is 0 Å². The van der Waals surface area contributed by atoms with Crippen molar-refractivity contribution < 1.29 is 9.53 Å².